The quantitative estimate of drug-likeness (QED) is 0.744. The molecule has 0 spiro atoms. The summed E-state index contributed by atoms with van der Waals surface area (Å²) in [7, 11) is 0. The molecule has 0 aliphatic rings. The highest BCUT2D eigenvalue weighted by atomic mass is 127. The third-order valence-corrected chi connectivity index (χ3v) is 3.49. The number of halogens is 4. The lowest BCUT2D eigenvalue weighted by Gasteiger charge is -2.10. The Bertz CT molecular complexity index is 663. The summed E-state index contributed by atoms with van der Waals surface area (Å²) in [6, 6.07) is 10.1. The maximum atomic E-state index is 12.6. The highest BCUT2D eigenvalue weighted by Crippen LogP contribution is 2.32. The number of nitrogens with zero attached hydrogens (tertiary/aromatic N) is 1. The molecule has 22 heavy (non-hydrogen) atoms. The van der Waals surface area contributed by atoms with Crippen molar-refractivity contribution in [1.29, 1.82) is 0 Å². The number of alkyl halides is 3. The summed E-state index contributed by atoms with van der Waals surface area (Å²) in [5, 5.41) is 2.29. The van der Waals surface area contributed by atoms with Crippen molar-refractivity contribution in [1.82, 2.24) is 4.98 Å². The van der Waals surface area contributed by atoms with Crippen molar-refractivity contribution >= 4 is 34.5 Å². The van der Waals surface area contributed by atoms with E-state index in [1.165, 1.54) is 22.6 Å². The molecule has 116 valence electrons. The van der Waals surface area contributed by atoms with E-state index in [0.717, 1.165) is 11.6 Å². The first-order valence-corrected chi connectivity index (χ1v) is 7.14. The molecule has 0 saturated heterocycles. The summed E-state index contributed by atoms with van der Waals surface area (Å²) < 4.78 is 42.7. The van der Waals surface area contributed by atoms with Crippen molar-refractivity contribution < 1.29 is 22.7 Å². The van der Waals surface area contributed by atoms with Gasteiger partial charge < -0.3 is 4.74 Å². The molecule has 0 atom stereocenters. The number of amides is 1. The van der Waals surface area contributed by atoms with Gasteiger partial charge in [0.05, 0.1) is 5.56 Å². The van der Waals surface area contributed by atoms with Crippen molar-refractivity contribution in [3.63, 3.8) is 0 Å². The predicted octanol–water partition coefficient (Wildman–Crippen LogP) is 4.45. The lowest BCUT2D eigenvalue weighted by Crippen LogP contribution is -2.16. The summed E-state index contributed by atoms with van der Waals surface area (Å²) in [4.78, 5) is 15.1. The van der Waals surface area contributed by atoms with Crippen molar-refractivity contribution in [2.75, 3.05) is 5.32 Å². The third kappa shape index (κ3) is 4.58. The van der Waals surface area contributed by atoms with E-state index in [1.54, 1.807) is 24.3 Å². The number of benzene rings is 1. The molecule has 0 unspecified atom stereocenters. The minimum Gasteiger partial charge on any atom is -0.444 e. The molecule has 0 saturated carbocycles. The summed E-state index contributed by atoms with van der Waals surface area (Å²) in [6.45, 7) is 0.0599. The van der Waals surface area contributed by atoms with Gasteiger partial charge in [0.15, 0.2) is 0 Å². The molecular formula is C14H10F3IN2O2. The molecule has 2 aromatic rings. The number of pyridine rings is 1. The van der Waals surface area contributed by atoms with Gasteiger partial charge in [0.2, 0.25) is 0 Å². The second-order valence-electron chi connectivity index (χ2n) is 4.23. The van der Waals surface area contributed by atoms with E-state index in [1.807, 2.05) is 6.07 Å². The molecule has 1 amide bonds. The fourth-order valence-electron chi connectivity index (χ4n) is 1.57. The number of hydrogen-bond acceptors (Lipinski definition) is 3. The Kier molecular flexibility index (Phi) is 5.22. The summed E-state index contributed by atoms with van der Waals surface area (Å²) in [6.07, 6.45) is -4.59. The van der Waals surface area contributed by atoms with Crippen LogP contribution < -0.4 is 5.32 Å². The van der Waals surface area contributed by atoms with Gasteiger partial charge in [-0.3, -0.25) is 5.32 Å². The van der Waals surface area contributed by atoms with Gasteiger partial charge in [-0.15, -0.1) is 0 Å². The molecule has 0 radical (unpaired) electrons. The van der Waals surface area contributed by atoms with Gasteiger partial charge in [-0.1, -0.05) is 30.3 Å². The molecule has 8 heteroatoms. The molecule has 1 N–H and O–H groups in total. The van der Waals surface area contributed by atoms with Crippen LogP contribution in [0.5, 0.6) is 0 Å². The number of aromatic nitrogens is 1. The Morgan fingerprint density at radius 1 is 1.27 bits per heavy atom. The normalized spacial score (nSPS) is 11.1. The van der Waals surface area contributed by atoms with Crippen molar-refractivity contribution in [3.05, 3.63) is 57.3 Å². The average Bonchev–Trinajstić information content (AvgIpc) is 2.45. The van der Waals surface area contributed by atoms with Crippen LogP contribution in [0.25, 0.3) is 0 Å². The fourth-order valence-corrected chi connectivity index (χ4v) is 2.31. The van der Waals surface area contributed by atoms with Crippen LogP contribution in [0.1, 0.15) is 11.1 Å². The topological polar surface area (TPSA) is 51.2 Å². The lowest BCUT2D eigenvalue weighted by molar-refractivity contribution is -0.138. The maximum Gasteiger partial charge on any atom is 0.418 e. The summed E-state index contributed by atoms with van der Waals surface area (Å²) in [5.74, 6) is -0.00420. The molecule has 1 aromatic heterocycles. The van der Waals surface area contributed by atoms with E-state index in [4.69, 9.17) is 4.74 Å². The van der Waals surface area contributed by atoms with Gasteiger partial charge in [0.1, 0.15) is 12.4 Å². The zero-order valence-corrected chi connectivity index (χ0v) is 13.2. The fraction of sp³-hybridized carbons (Fsp3) is 0.143. The Morgan fingerprint density at radius 3 is 2.55 bits per heavy atom. The van der Waals surface area contributed by atoms with E-state index >= 15 is 0 Å². The number of carbonyl (C=O) groups is 1. The summed E-state index contributed by atoms with van der Waals surface area (Å²) in [5.41, 5.74) is -0.0519. The molecule has 1 heterocycles. The SMILES string of the molecule is O=C(Nc1cc(I)c(C(F)(F)F)cn1)OCc1ccccc1. The first kappa shape index (κ1) is 16.5. The van der Waals surface area contributed by atoms with Crippen LogP contribution in [0.3, 0.4) is 0 Å². The monoisotopic (exact) mass is 422 g/mol. The molecule has 1 aromatic carbocycles. The minimum absolute atomic E-state index is 0.00420. The smallest absolute Gasteiger partial charge is 0.418 e. The number of rotatable bonds is 3. The van der Waals surface area contributed by atoms with Gasteiger partial charge >= 0.3 is 12.3 Å². The standard InChI is InChI=1S/C14H10F3IN2O2/c15-14(16,17)10-7-19-12(6-11(10)18)20-13(21)22-8-9-4-2-1-3-5-9/h1-7H,8H2,(H,19,20,21). The van der Waals surface area contributed by atoms with Crippen molar-refractivity contribution in [2.24, 2.45) is 0 Å². The van der Waals surface area contributed by atoms with Crippen LogP contribution in [0.15, 0.2) is 42.6 Å². The van der Waals surface area contributed by atoms with Crippen LogP contribution in [0, 0.1) is 3.57 Å². The third-order valence-electron chi connectivity index (χ3n) is 2.60. The molecule has 0 aliphatic heterocycles. The Hall–Kier alpha value is -1.84. The van der Waals surface area contributed by atoms with Crippen molar-refractivity contribution in [3.8, 4) is 0 Å². The van der Waals surface area contributed by atoms with Crippen LogP contribution in [0.2, 0.25) is 0 Å². The number of nitrogens with one attached hydrogen (secondary N) is 1. The second-order valence-corrected chi connectivity index (χ2v) is 5.40. The summed E-state index contributed by atoms with van der Waals surface area (Å²) >= 11 is 1.54. The number of anilines is 1. The number of hydrogen-bond donors (Lipinski definition) is 1. The highest BCUT2D eigenvalue weighted by Gasteiger charge is 2.33. The van der Waals surface area contributed by atoms with E-state index in [0.29, 0.717) is 6.20 Å². The van der Waals surface area contributed by atoms with Gasteiger partial charge in [0, 0.05) is 9.77 Å². The average molecular weight is 422 g/mol. The van der Waals surface area contributed by atoms with E-state index < -0.39 is 17.8 Å². The maximum absolute atomic E-state index is 12.6. The predicted molar refractivity (Wildman–Crippen MR) is 82.2 cm³/mol. The largest absolute Gasteiger partial charge is 0.444 e. The van der Waals surface area contributed by atoms with Crippen LogP contribution in [-0.2, 0) is 17.5 Å². The first-order chi connectivity index (χ1) is 10.4. The molecule has 4 nitrogen and oxygen atoms in total. The van der Waals surface area contributed by atoms with Gasteiger partial charge in [-0.2, -0.15) is 13.2 Å². The number of ether oxygens (including phenoxy) is 1. The van der Waals surface area contributed by atoms with Gasteiger partial charge in [-0.25, -0.2) is 9.78 Å². The lowest BCUT2D eigenvalue weighted by atomic mass is 10.2. The minimum atomic E-state index is -4.48. The van der Waals surface area contributed by atoms with E-state index in [2.05, 4.69) is 10.3 Å². The Labute approximate surface area is 137 Å². The zero-order chi connectivity index (χ0) is 16.2. The molecule has 2 rings (SSSR count). The molecule has 0 fully saturated rings. The van der Waals surface area contributed by atoms with E-state index in [-0.39, 0.29) is 16.0 Å². The highest BCUT2D eigenvalue weighted by molar-refractivity contribution is 14.1. The van der Waals surface area contributed by atoms with Crippen LogP contribution in [-0.4, -0.2) is 11.1 Å². The van der Waals surface area contributed by atoms with Crippen LogP contribution in [0.4, 0.5) is 23.8 Å². The van der Waals surface area contributed by atoms with Gasteiger partial charge in [-0.05, 0) is 34.2 Å². The Balaban J connectivity index is 1.96. The number of carbonyl (C=O) groups excluding carboxylic acids is 1. The van der Waals surface area contributed by atoms with E-state index in [9.17, 15) is 18.0 Å². The second kappa shape index (κ2) is 6.95. The van der Waals surface area contributed by atoms with Gasteiger partial charge in [0.25, 0.3) is 0 Å². The molecule has 0 aliphatic carbocycles. The molecule has 0 bridgehead atoms. The van der Waals surface area contributed by atoms with Crippen molar-refractivity contribution in [2.45, 2.75) is 12.8 Å². The zero-order valence-electron chi connectivity index (χ0n) is 11.0. The molecular weight excluding hydrogens is 412 g/mol. The Morgan fingerprint density at radius 2 is 1.95 bits per heavy atom. The van der Waals surface area contributed by atoms with Crippen LogP contribution >= 0.6 is 22.6 Å². The first-order valence-electron chi connectivity index (χ1n) is 6.06.